The highest BCUT2D eigenvalue weighted by Gasteiger charge is 2.25. The van der Waals surface area contributed by atoms with E-state index in [1.54, 1.807) is 4.90 Å². The van der Waals surface area contributed by atoms with Crippen molar-refractivity contribution >= 4 is 17.5 Å². The van der Waals surface area contributed by atoms with Crippen LogP contribution in [0.15, 0.2) is 18.2 Å². The Balaban J connectivity index is 2.15. The van der Waals surface area contributed by atoms with E-state index in [1.165, 1.54) is 18.2 Å². The molecular formula is C13H16ClNO3. The summed E-state index contributed by atoms with van der Waals surface area (Å²) in [5, 5.41) is 18.9. The van der Waals surface area contributed by atoms with Gasteiger partial charge in [0.1, 0.15) is 11.5 Å². The summed E-state index contributed by atoms with van der Waals surface area (Å²) in [6, 6.07) is 4.02. The lowest BCUT2D eigenvalue weighted by Crippen LogP contribution is -2.40. The number of nitrogens with zero attached hydrogens (tertiary/aromatic N) is 1. The lowest BCUT2D eigenvalue weighted by Gasteiger charge is -2.32. The van der Waals surface area contributed by atoms with Crippen LogP contribution in [0, 0.1) is 5.92 Å². The van der Waals surface area contributed by atoms with E-state index in [4.69, 9.17) is 11.6 Å². The van der Waals surface area contributed by atoms with Gasteiger partial charge in [0.2, 0.25) is 0 Å². The number of carbonyl (C=O) groups is 1. The normalized spacial score (nSPS) is 19.8. The summed E-state index contributed by atoms with van der Waals surface area (Å²) in [5.41, 5.74) is 0.225. The molecule has 0 aromatic heterocycles. The SMILES string of the molecule is O=C(c1ccc(O)cc1O)N1CCCC(CCl)C1. The summed E-state index contributed by atoms with van der Waals surface area (Å²) in [7, 11) is 0. The maximum Gasteiger partial charge on any atom is 0.257 e. The molecule has 2 N–H and O–H groups in total. The van der Waals surface area contributed by atoms with Gasteiger partial charge in [-0.1, -0.05) is 0 Å². The molecule has 1 unspecified atom stereocenters. The molecule has 5 heteroatoms. The number of hydrogen-bond acceptors (Lipinski definition) is 3. The Morgan fingerprint density at radius 3 is 2.89 bits per heavy atom. The summed E-state index contributed by atoms with van der Waals surface area (Å²) in [4.78, 5) is 13.9. The van der Waals surface area contributed by atoms with Crippen LogP contribution in [0.2, 0.25) is 0 Å². The smallest absolute Gasteiger partial charge is 0.257 e. The number of halogens is 1. The zero-order valence-corrected chi connectivity index (χ0v) is 10.7. The average molecular weight is 270 g/mol. The van der Waals surface area contributed by atoms with E-state index in [0.717, 1.165) is 12.8 Å². The number of rotatable bonds is 2. The second-order valence-electron chi connectivity index (χ2n) is 4.62. The second-order valence-corrected chi connectivity index (χ2v) is 4.92. The summed E-state index contributed by atoms with van der Waals surface area (Å²) in [6.07, 6.45) is 1.97. The van der Waals surface area contributed by atoms with Crippen molar-refractivity contribution in [3.05, 3.63) is 23.8 Å². The fourth-order valence-electron chi connectivity index (χ4n) is 2.25. The van der Waals surface area contributed by atoms with E-state index >= 15 is 0 Å². The number of alkyl halides is 1. The second kappa shape index (κ2) is 5.48. The number of hydrogen-bond donors (Lipinski definition) is 2. The van der Waals surface area contributed by atoms with Gasteiger partial charge in [0, 0.05) is 25.0 Å². The molecule has 1 aliphatic rings. The number of carbonyl (C=O) groups excluding carboxylic acids is 1. The fraction of sp³-hybridized carbons (Fsp3) is 0.462. The highest BCUT2D eigenvalue weighted by Crippen LogP contribution is 2.26. The highest BCUT2D eigenvalue weighted by molar-refractivity contribution is 6.18. The molecule has 1 atom stereocenters. The Morgan fingerprint density at radius 2 is 2.22 bits per heavy atom. The standard InChI is InChI=1S/C13H16ClNO3/c14-7-9-2-1-5-15(8-9)13(18)11-4-3-10(16)6-12(11)17/h3-4,6,9,16-17H,1-2,5,7-8H2. The minimum Gasteiger partial charge on any atom is -0.508 e. The van der Waals surface area contributed by atoms with Gasteiger partial charge in [-0.25, -0.2) is 0 Å². The lowest BCUT2D eigenvalue weighted by atomic mass is 9.99. The molecule has 98 valence electrons. The maximum atomic E-state index is 12.2. The fourth-order valence-corrected chi connectivity index (χ4v) is 2.50. The van der Waals surface area contributed by atoms with Gasteiger partial charge in [-0.05, 0) is 30.9 Å². The molecule has 1 heterocycles. The van der Waals surface area contributed by atoms with Crippen molar-refractivity contribution < 1.29 is 15.0 Å². The van der Waals surface area contributed by atoms with Crippen molar-refractivity contribution in [1.29, 1.82) is 0 Å². The predicted molar refractivity (Wildman–Crippen MR) is 69.1 cm³/mol. The zero-order valence-electron chi connectivity index (χ0n) is 9.97. The van der Waals surface area contributed by atoms with Gasteiger partial charge < -0.3 is 15.1 Å². The third-order valence-electron chi connectivity index (χ3n) is 3.24. The maximum absolute atomic E-state index is 12.2. The molecule has 0 saturated carbocycles. The quantitative estimate of drug-likeness (QED) is 0.809. The van der Waals surface area contributed by atoms with Crippen LogP contribution < -0.4 is 0 Å². The van der Waals surface area contributed by atoms with E-state index in [0.29, 0.717) is 24.9 Å². The summed E-state index contributed by atoms with van der Waals surface area (Å²) >= 11 is 5.83. The van der Waals surface area contributed by atoms with Crippen LogP contribution in [0.4, 0.5) is 0 Å². The molecule has 4 nitrogen and oxygen atoms in total. The molecule has 0 aliphatic carbocycles. The first-order chi connectivity index (χ1) is 8.61. The molecule has 1 fully saturated rings. The Labute approximate surface area is 111 Å². The number of aromatic hydroxyl groups is 2. The number of phenolic OH excluding ortho intramolecular Hbond substituents is 2. The summed E-state index contributed by atoms with van der Waals surface area (Å²) in [5.74, 6) is 0.422. The average Bonchev–Trinajstić information content (AvgIpc) is 2.38. The number of phenols is 2. The van der Waals surface area contributed by atoms with Crippen molar-refractivity contribution in [1.82, 2.24) is 4.90 Å². The molecule has 0 bridgehead atoms. The minimum atomic E-state index is -0.206. The summed E-state index contributed by atoms with van der Waals surface area (Å²) in [6.45, 7) is 1.31. The third-order valence-corrected chi connectivity index (χ3v) is 3.67. The number of likely N-dealkylation sites (tertiary alicyclic amines) is 1. The first-order valence-electron chi connectivity index (χ1n) is 5.99. The van der Waals surface area contributed by atoms with E-state index in [2.05, 4.69) is 0 Å². The van der Waals surface area contributed by atoms with Gasteiger partial charge >= 0.3 is 0 Å². The Kier molecular flexibility index (Phi) is 3.97. The van der Waals surface area contributed by atoms with Crippen LogP contribution in [-0.2, 0) is 0 Å². The first kappa shape index (κ1) is 13.0. The highest BCUT2D eigenvalue weighted by atomic mass is 35.5. The molecule has 0 radical (unpaired) electrons. The Morgan fingerprint density at radius 1 is 1.44 bits per heavy atom. The van der Waals surface area contributed by atoms with Gasteiger partial charge in [-0.15, -0.1) is 11.6 Å². The predicted octanol–water partition coefficient (Wildman–Crippen LogP) is 2.19. The Bertz CT molecular complexity index is 450. The minimum absolute atomic E-state index is 0.0543. The van der Waals surface area contributed by atoms with E-state index in [9.17, 15) is 15.0 Å². The van der Waals surface area contributed by atoms with Crippen molar-refractivity contribution in [3.8, 4) is 11.5 Å². The van der Waals surface area contributed by atoms with E-state index < -0.39 is 0 Å². The molecule has 1 aliphatic heterocycles. The number of piperidine rings is 1. The van der Waals surface area contributed by atoms with Crippen LogP contribution in [0.5, 0.6) is 11.5 Å². The largest absolute Gasteiger partial charge is 0.508 e. The number of benzene rings is 1. The van der Waals surface area contributed by atoms with Gasteiger partial charge in [0.15, 0.2) is 0 Å². The third kappa shape index (κ3) is 2.70. The molecule has 1 aromatic carbocycles. The molecule has 2 rings (SSSR count). The van der Waals surface area contributed by atoms with Gasteiger partial charge in [-0.3, -0.25) is 4.79 Å². The number of amides is 1. The van der Waals surface area contributed by atoms with Crippen molar-refractivity contribution in [3.63, 3.8) is 0 Å². The van der Waals surface area contributed by atoms with Crippen LogP contribution in [-0.4, -0.2) is 40.0 Å². The van der Waals surface area contributed by atoms with Crippen molar-refractivity contribution in [2.24, 2.45) is 5.92 Å². The van der Waals surface area contributed by atoms with Gasteiger partial charge in [0.25, 0.3) is 5.91 Å². The lowest BCUT2D eigenvalue weighted by molar-refractivity contribution is 0.0682. The molecule has 1 aromatic rings. The first-order valence-corrected chi connectivity index (χ1v) is 6.52. The molecular weight excluding hydrogens is 254 g/mol. The van der Waals surface area contributed by atoms with Gasteiger partial charge in [0.05, 0.1) is 5.56 Å². The van der Waals surface area contributed by atoms with E-state index in [1.807, 2.05) is 0 Å². The van der Waals surface area contributed by atoms with Crippen LogP contribution >= 0.6 is 11.6 Å². The summed E-state index contributed by atoms with van der Waals surface area (Å²) < 4.78 is 0. The van der Waals surface area contributed by atoms with Crippen LogP contribution in [0.25, 0.3) is 0 Å². The van der Waals surface area contributed by atoms with Crippen molar-refractivity contribution in [2.75, 3.05) is 19.0 Å². The zero-order chi connectivity index (χ0) is 13.1. The molecule has 18 heavy (non-hydrogen) atoms. The van der Waals surface area contributed by atoms with Crippen LogP contribution in [0.1, 0.15) is 23.2 Å². The van der Waals surface area contributed by atoms with Crippen molar-refractivity contribution in [2.45, 2.75) is 12.8 Å². The molecule has 0 spiro atoms. The van der Waals surface area contributed by atoms with Crippen LogP contribution in [0.3, 0.4) is 0 Å². The topological polar surface area (TPSA) is 60.8 Å². The molecule has 1 amide bonds. The Hall–Kier alpha value is -1.42. The van der Waals surface area contributed by atoms with Gasteiger partial charge in [-0.2, -0.15) is 0 Å². The van der Waals surface area contributed by atoms with E-state index in [-0.39, 0.29) is 23.0 Å². The molecule has 1 saturated heterocycles. The monoisotopic (exact) mass is 269 g/mol.